The van der Waals surface area contributed by atoms with Crippen LogP contribution in [0.3, 0.4) is 0 Å². The molecule has 1 saturated heterocycles. The second-order valence-electron chi connectivity index (χ2n) is 5.13. The highest BCUT2D eigenvalue weighted by molar-refractivity contribution is 5.76. The minimum absolute atomic E-state index is 0.0532. The highest BCUT2D eigenvalue weighted by Gasteiger charge is 2.20. The SMILES string of the molecule is CCC(=O)NC1CCN(CCC(C)C(N)=O)CC1. The van der Waals surface area contributed by atoms with Gasteiger partial charge in [-0.15, -0.1) is 0 Å². The number of hydrogen-bond acceptors (Lipinski definition) is 3. The molecule has 0 radical (unpaired) electrons. The Bertz CT molecular complexity index is 286. The van der Waals surface area contributed by atoms with Crippen LogP contribution in [0.4, 0.5) is 0 Å². The van der Waals surface area contributed by atoms with Gasteiger partial charge in [0.05, 0.1) is 0 Å². The van der Waals surface area contributed by atoms with Gasteiger partial charge in [0.2, 0.25) is 11.8 Å². The molecule has 0 aromatic rings. The van der Waals surface area contributed by atoms with E-state index >= 15 is 0 Å². The van der Waals surface area contributed by atoms with E-state index in [1.807, 2.05) is 13.8 Å². The van der Waals surface area contributed by atoms with Crippen molar-refractivity contribution in [3.8, 4) is 0 Å². The van der Waals surface area contributed by atoms with E-state index in [0.717, 1.165) is 38.9 Å². The molecule has 0 aliphatic carbocycles. The predicted octanol–water partition coefficient (Wildman–Crippen LogP) is 0.489. The van der Waals surface area contributed by atoms with Crippen molar-refractivity contribution in [2.45, 2.75) is 45.6 Å². The largest absolute Gasteiger partial charge is 0.369 e. The molecule has 0 saturated carbocycles. The Kier molecular flexibility index (Phi) is 6.12. The number of hydrogen-bond donors (Lipinski definition) is 2. The van der Waals surface area contributed by atoms with Gasteiger partial charge in [0.25, 0.3) is 0 Å². The smallest absolute Gasteiger partial charge is 0.220 e. The number of nitrogens with one attached hydrogen (secondary N) is 1. The molecule has 1 heterocycles. The van der Waals surface area contributed by atoms with Gasteiger partial charge in [-0.05, 0) is 25.8 Å². The maximum Gasteiger partial charge on any atom is 0.220 e. The molecular formula is C13H25N3O2. The summed E-state index contributed by atoms with van der Waals surface area (Å²) in [5, 5.41) is 3.03. The maximum absolute atomic E-state index is 11.3. The molecule has 0 spiro atoms. The van der Waals surface area contributed by atoms with E-state index < -0.39 is 0 Å². The number of piperidine rings is 1. The summed E-state index contributed by atoms with van der Waals surface area (Å²) < 4.78 is 0. The van der Waals surface area contributed by atoms with Crippen LogP contribution >= 0.6 is 0 Å². The number of carbonyl (C=O) groups is 2. The summed E-state index contributed by atoms with van der Waals surface area (Å²) in [6.07, 6.45) is 3.37. The van der Waals surface area contributed by atoms with Crippen LogP contribution in [0.1, 0.15) is 39.5 Å². The van der Waals surface area contributed by atoms with E-state index in [1.54, 1.807) is 0 Å². The van der Waals surface area contributed by atoms with Crippen molar-refractivity contribution in [2.24, 2.45) is 11.7 Å². The first-order chi connectivity index (χ1) is 8.52. The van der Waals surface area contributed by atoms with E-state index in [4.69, 9.17) is 5.73 Å². The second kappa shape index (κ2) is 7.36. The van der Waals surface area contributed by atoms with Crippen LogP contribution in [0.5, 0.6) is 0 Å². The number of amides is 2. The van der Waals surface area contributed by atoms with Crippen molar-refractivity contribution in [1.29, 1.82) is 0 Å². The second-order valence-corrected chi connectivity index (χ2v) is 5.13. The molecule has 1 rings (SSSR count). The van der Waals surface area contributed by atoms with Gasteiger partial charge in [-0.25, -0.2) is 0 Å². The van der Waals surface area contributed by atoms with Crippen molar-refractivity contribution < 1.29 is 9.59 Å². The predicted molar refractivity (Wildman–Crippen MR) is 70.9 cm³/mol. The molecule has 3 N–H and O–H groups in total. The number of likely N-dealkylation sites (tertiary alicyclic amines) is 1. The summed E-state index contributed by atoms with van der Waals surface area (Å²) in [5.74, 6) is -0.140. The van der Waals surface area contributed by atoms with Crippen LogP contribution in [0.2, 0.25) is 0 Å². The topological polar surface area (TPSA) is 75.4 Å². The van der Waals surface area contributed by atoms with Crippen molar-refractivity contribution in [3.05, 3.63) is 0 Å². The molecule has 1 atom stereocenters. The Labute approximate surface area is 109 Å². The van der Waals surface area contributed by atoms with Gasteiger partial charge in [0.1, 0.15) is 0 Å². The summed E-state index contributed by atoms with van der Waals surface area (Å²) in [6, 6.07) is 0.322. The van der Waals surface area contributed by atoms with E-state index in [0.29, 0.717) is 12.5 Å². The van der Waals surface area contributed by atoms with Crippen molar-refractivity contribution in [2.75, 3.05) is 19.6 Å². The fourth-order valence-corrected chi connectivity index (χ4v) is 2.15. The highest BCUT2D eigenvalue weighted by atomic mass is 16.2. The Morgan fingerprint density at radius 3 is 2.50 bits per heavy atom. The van der Waals surface area contributed by atoms with Gasteiger partial charge in [-0.1, -0.05) is 13.8 Å². The lowest BCUT2D eigenvalue weighted by molar-refractivity contribution is -0.122. The molecule has 1 fully saturated rings. The third-order valence-corrected chi connectivity index (χ3v) is 3.64. The maximum atomic E-state index is 11.3. The highest BCUT2D eigenvalue weighted by Crippen LogP contribution is 2.12. The van der Waals surface area contributed by atoms with Gasteiger partial charge in [-0.2, -0.15) is 0 Å². The molecule has 0 aromatic heterocycles. The molecule has 18 heavy (non-hydrogen) atoms. The Morgan fingerprint density at radius 2 is 2.00 bits per heavy atom. The molecule has 0 aromatic carbocycles. The van der Waals surface area contributed by atoms with Crippen LogP contribution in [0.15, 0.2) is 0 Å². The van der Waals surface area contributed by atoms with Crippen molar-refractivity contribution in [1.82, 2.24) is 10.2 Å². The van der Waals surface area contributed by atoms with E-state index in [9.17, 15) is 9.59 Å². The fraction of sp³-hybridized carbons (Fsp3) is 0.846. The number of primary amides is 1. The van der Waals surface area contributed by atoms with Gasteiger partial charge in [-0.3, -0.25) is 9.59 Å². The lowest BCUT2D eigenvalue weighted by Gasteiger charge is -2.32. The average molecular weight is 255 g/mol. The van der Waals surface area contributed by atoms with E-state index in [1.165, 1.54) is 0 Å². The molecule has 5 nitrogen and oxygen atoms in total. The molecule has 104 valence electrons. The normalized spacial score (nSPS) is 19.4. The van der Waals surface area contributed by atoms with Gasteiger partial charge in [0, 0.05) is 31.5 Å². The Hall–Kier alpha value is -1.10. The molecular weight excluding hydrogens is 230 g/mol. The molecule has 2 amide bonds. The number of nitrogens with zero attached hydrogens (tertiary/aromatic N) is 1. The van der Waals surface area contributed by atoms with E-state index in [2.05, 4.69) is 10.2 Å². The third-order valence-electron chi connectivity index (χ3n) is 3.64. The zero-order chi connectivity index (χ0) is 13.5. The van der Waals surface area contributed by atoms with Gasteiger partial charge < -0.3 is 16.0 Å². The molecule has 0 bridgehead atoms. The number of carbonyl (C=O) groups excluding carboxylic acids is 2. The fourth-order valence-electron chi connectivity index (χ4n) is 2.15. The Morgan fingerprint density at radius 1 is 1.39 bits per heavy atom. The summed E-state index contributed by atoms with van der Waals surface area (Å²) in [7, 11) is 0. The summed E-state index contributed by atoms with van der Waals surface area (Å²) in [6.45, 7) is 6.63. The minimum Gasteiger partial charge on any atom is -0.369 e. The number of rotatable bonds is 6. The van der Waals surface area contributed by atoms with Crippen molar-refractivity contribution in [3.63, 3.8) is 0 Å². The Balaban J connectivity index is 2.19. The first-order valence-electron chi connectivity index (χ1n) is 6.84. The van der Waals surface area contributed by atoms with Crippen LogP contribution in [-0.2, 0) is 9.59 Å². The lowest BCUT2D eigenvalue weighted by atomic mass is 10.0. The summed E-state index contributed by atoms with van der Waals surface area (Å²) in [4.78, 5) is 24.6. The average Bonchev–Trinajstić information content (AvgIpc) is 2.37. The minimum atomic E-state index is -0.222. The van der Waals surface area contributed by atoms with Crippen LogP contribution in [0, 0.1) is 5.92 Å². The first kappa shape index (κ1) is 15.0. The summed E-state index contributed by atoms with van der Waals surface area (Å²) in [5.41, 5.74) is 5.24. The zero-order valence-corrected chi connectivity index (χ0v) is 11.4. The molecule has 5 heteroatoms. The lowest BCUT2D eigenvalue weighted by Crippen LogP contribution is -2.45. The quantitative estimate of drug-likeness (QED) is 0.725. The van der Waals surface area contributed by atoms with Gasteiger partial charge in [0.15, 0.2) is 0 Å². The van der Waals surface area contributed by atoms with Crippen LogP contribution < -0.4 is 11.1 Å². The van der Waals surface area contributed by atoms with Crippen LogP contribution in [0.25, 0.3) is 0 Å². The molecule has 1 unspecified atom stereocenters. The molecule has 1 aliphatic rings. The van der Waals surface area contributed by atoms with Crippen molar-refractivity contribution >= 4 is 11.8 Å². The molecule has 1 aliphatic heterocycles. The standard InChI is InChI=1S/C13H25N3O2/c1-3-12(17)15-11-5-8-16(9-6-11)7-4-10(2)13(14)18/h10-11H,3-9H2,1-2H3,(H2,14,18)(H,15,17). The third kappa shape index (κ3) is 5.04. The monoisotopic (exact) mass is 255 g/mol. The van der Waals surface area contributed by atoms with E-state index in [-0.39, 0.29) is 17.7 Å². The number of nitrogens with two attached hydrogens (primary N) is 1. The van der Waals surface area contributed by atoms with Crippen LogP contribution in [-0.4, -0.2) is 42.4 Å². The summed E-state index contributed by atoms with van der Waals surface area (Å²) >= 11 is 0. The first-order valence-corrected chi connectivity index (χ1v) is 6.84. The zero-order valence-electron chi connectivity index (χ0n) is 11.4. The van der Waals surface area contributed by atoms with Gasteiger partial charge >= 0.3 is 0 Å².